The Balaban J connectivity index is 2.81. The van der Waals surface area contributed by atoms with Crippen LogP contribution in [0, 0.1) is 6.92 Å². The fourth-order valence-corrected chi connectivity index (χ4v) is 1.94. The molecule has 0 heterocycles. The van der Waals surface area contributed by atoms with Gasteiger partial charge in [-0.15, -0.1) is 0 Å². The maximum atomic E-state index is 11.7. The molecule has 0 aliphatic rings. The van der Waals surface area contributed by atoms with Crippen molar-refractivity contribution >= 4 is 11.9 Å². The molecule has 0 saturated heterocycles. The maximum Gasteiger partial charge on any atom is 0.319 e. The van der Waals surface area contributed by atoms with Crippen LogP contribution in [0.5, 0.6) is 0 Å². The third-order valence-corrected chi connectivity index (χ3v) is 2.96. The quantitative estimate of drug-likeness (QED) is 0.770. The highest BCUT2D eigenvalue weighted by Crippen LogP contribution is 2.21. The predicted molar refractivity (Wildman–Crippen MR) is 75.2 cm³/mol. The van der Waals surface area contributed by atoms with E-state index in [9.17, 15) is 9.59 Å². The van der Waals surface area contributed by atoms with Crippen molar-refractivity contribution in [3.8, 4) is 0 Å². The first-order valence-electron chi connectivity index (χ1n) is 6.59. The van der Waals surface area contributed by atoms with Crippen molar-refractivity contribution in [3.05, 3.63) is 35.4 Å². The van der Waals surface area contributed by atoms with Crippen LogP contribution in [0.15, 0.2) is 24.3 Å². The second kappa shape index (κ2) is 8.32. The molecule has 0 spiro atoms. The van der Waals surface area contributed by atoms with Gasteiger partial charge in [0.1, 0.15) is 0 Å². The third kappa shape index (κ3) is 5.01. The zero-order chi connectivity index (χ0) is 15.0. The lowest BCUT2D eigenvalue weighted by atomic mass is 9.99. The van der Waals surface area contributed by atoms with E-state index in [1.54, 1.807) is 6.92 Å². The Kier molecular flexibility index (Phi) is 6.73. The fraction of sp³-hybridized carbons (Fsp3) is 0.467. The topological polar surface area (TPSA) is 64.6 Å². The molecule has 0 aliphatic heterocycles. The standard InChI is InChI=1S/C15H21NO4/c1-4-20-14(17)9-13(16-10-15(18)19-3)12-8-6-5-7-11(12)2/h5-8,13,16H,4,9-10H2,1-3H3/t13-/m1/s1. The number of hydrogen-bond donors (Lipinski definition) is 1. The van der Waals surface area contributed by atoms with Crippen LogP contribution < -0.4 is 5.32 Å². The Hall–Kier alpha value is -1.88. The van der Waals surface area contributed by atoms with E-state index in [0.717, 1.165) is 11.1 Å². The number of methoxy groups -OCH3 is 1. The van der Waals surface area contributed by atoms with E-state index in [4.69, 9.17) is 4.74 Å². The predicted octanol–water partition coefficient (Wildman–Crippen LogP) is 1.75. The van der Waals surface area contributed by atoms with Crippen LogP contribution in [0.4, 0.5) is 0 Å². The number of carbonyl (C=O) groups excluding carboxylic acids is 2. The molecule has 20 heavy (non-hydrogen) atoms. The third-order valence-electron chi connectivity index (χ3n) is 2.96. The Bertz CT molecular complexity index is 459. The minimum Gasteiger partial charge on any atom is -0.468 e. The van der Waals surface area contributed by atoms with Crippen LogP contribution >= 0.6 is 0 Å². The maximum absolute atomic E-state index is 11.7. The van der Waals surface area contributed by atoms with Crippen LogP contribution in [0.2, 0.25) is 0 Å². The van der Waals surface area contributed by atoms with Crippen molar-refractivity contribution in [3.63, 3.8) is 0 Å². The second-order valence-electron chi connectivity index (χ2n) is 4.38. The van der Waals surface area contributed by atoms with E-state index in [1.807, 2.05) is 31.2 Å². The number of aryl methyl sites for hydroxylation is 1. The molecule has 0 aromatic heterocycles. The summed E-state index contributed by atoms with van der Waals surface area (Å²) >= 11 is 0. The van der Waals surface area contributed by atoms with Crippen molar-refractivity contribution in [2.24, 2.45) is 0 Å². The Morgan fingerprint density at radius 2 is 1.95 bits per heavy atom. The summed E-state index contributed by atoms with van der Waals surface area (Å²) < 4.78 is 9.57. The van der Waals surface area contributed by atoms with Crippen molar-refractivity contribution in [1.29, 1.82) is 0 Å². The van der Waals surface area contributed by atoms with Crippen LogP contribution in [0.1, 0.15) is 30.5 Å². The van der Waals surface area contributed by atoms with Crippen molar-refractivity contribution in [1.82, 2.24) is 5.32 Å². The zero-order valence-corrected chi connectivity index (χ0v) is 12.1. The molecule has 0 unspecified atom stereocenters. The molecule has 1 aromatic carbocycles. The lowest BCUT2D eigenvalue weighted by Crippen LogP contribution is -2.30. The van der Waals surface area contributed by atoms with Gasteiger partial charge in [0.25, 0.3) is 0 Å². The number of ether oxygens (including phenoxy) is 2. The van der Waals surface area contributed by atoms with E-state index in [0.29, 0.717) is 6.61 Å². The minimum absolute atomic E-state index is 0.0505. The average molecular weight is 279 g/mol. The molecule has 0 radical (unpaired) electrons. The Labute approximate surface area is 119 Å². The van der Waals surface area contributed by atoms with E-state index in [-0.39, 0.29) is 30.9 Å². The highest BCUT2D eigenvalue weighted by molar-refractivity contribution is 5.72. The van der Waals surface area contributed by atoms with Gasteiger partial charge >= 0.3 is 11.9 Å². The van der Waals surface area contributed by atoms with E-state index < -0.39 is 0 Å². The molecule has 0 bridgehead atoms. The summed E-state index contributed by atoms with van der Waals surface area (Å²) in [5.41, 5.74) is 2.03. The fourth-order valence-electron chi connectivity index (χ4n) is 1.94. The van der Waals surface area contributed by atoms with Crippen molar-refractivity contribution in [2.45, 2.75) is 26.3 Å². The van der Waals surface area contributed by atoms with Gasteiger partial charge in [-0.05, 0) is 25.0 Å². The molecule has 5 heteroatoms. The summed E-state index contributed by atoms with van der Waals surface area (Å²) in [6, 6.07) is 7.46. The largest absolute Gasteiger partial charge is 0.468 e. The molecule has 110 valence electrons. The Morgan fingerprint density at radius 1 is 1.25 bits per heavy atom. The summed E-state index contributed by atoms with van der Waals surface area (Å²) in [6.07, 6.45) is 0.176. The van der Waals surface area contributed by atoms with Gasteiger partial charge in [-0.25, -0.2) is 0 Å². The van der Waals surface area contributed by atoms with Crippen molar-refractivity contribution < 1.29 is 19.1 Å². The van der Waals surface area contributed by atoms with Crippen LogP contribution in [-0.2, 0) is 19.1 Å². The molecule has 0 fully saturated rings. The number of carbonyl (C=O) groups is 2. The zero-order valence-electron chi connectivity index (χ0n) is 12.1. The first kappa shape index (κ1) is 16.2. The summed E-state index contributed by atoms with van der Waals surface area (Å²) in [4.78, 5) is 22.9. The smallest absolute Gasteiger partial charge is 0.319 e. The molecule has 1 N–H and O–H groups in total. The molecule has 1 aromatic rings. The van der Waals surface area contributed by atoms with E-state index in [1.165, 1.54) is 7.11 Å². The van der Waals surface area contributed by atoms with Gasteiger partial charge in [0.15, 0.2) is 0 Å². The van der Waals surface area contributed by atoms with Gasteiger partial charge in [-0.2, -0.15) is 0 Å². The van der Waals surface area contributed by atoms with Gasteiger partial charge in [0.05, 0.1) is 26.7 Å². The lowest BCUT2D eigenvalue weighted by Gasteiger charge is -2.19. The second-order valence-corrected chi connectivity index (χ2v) is 4.38. The van der Waals surface area contributed by atoms with Crippen LogP contribution in [-0.4, -0.2) is 32.2 Å². The number of esters is 2. The van der Waals surface area contributed by atoms with Gasteiger partial charge in [0.2, 0.25) is 0 Å². The molecule has 0 aliphatic carbocycles. The molecule has 0 saturated carbocycles. The first-order chi connectivity index (χ1) is 9.58. The first-order valence-corrected chi connectivity index (χ1v) is 6.59. The number of rotatable bonds is 7. The Morgan fingerprint density at radius 3 is 2.55 bits per heavy atom. The van der Waals surface area contributed by atoms with E-state index >= 15 is 0 Å². The molecular weight excluding hydrogens is 258 g/mol. The van der Waals surface area contributed by atoms with Crippen molar-refractivity contribution in [2.75, 3.05) is 20.3 Å². The van der Waals surface area contributed by atoms with Gasteiger partial charge in [-0.3, -0.25) is 14.9 Å². The average Bonchev–Trinajstić information content (AvgIpc) is 2.44. The van der Waals surface area contributed by atoms with Crippen LogP contribution in [0.3, 0.4) is 0 Å². The van der Waals surface area contributed by atoms with Gasteiger partial charge in [0, 0.05) is 6.04 Å². The number of nitrogens with one attached hydrogen (secondary N) is 1. The summed E-state index contributed by atoms with van der Waals surface area (Å²) in [5, 5.41) is 3.04. The highest BCUT2D eigenvalue weighted by atomic mass is 16.5. The SMILES string of the molecule is CCOC(=O)C[C@@H](NCC(=O)OC)c1ccccc1C. The number of benzene rings is 1. The monoisotopic (exact) mass is 279 g/mol. The summed E-state index contributed by atoms with van der Waals surface area (Å²) in [5.74, 6) is -0.662. The lowest BCUT2D eigenvalue weighted by molar-refractivity contribution is -0.144. The molecule has 1 atom stereocenters. The summed E-state index contributed by atoms with van der Waals surface area (Å²) in [7, 11) is 1.33. The minimum atomic E-state index is -0.368. The normalized spacial score (nSPS) is 11.8. The highest BCUT2D eigenvalue weighted by Gasteiger charge is 2.19. The molecular formula is C15H21NO4. The summed E-state index contributed by atoms with van der Waals surface area (Å²) in [6.45, 7) is 4.13. The van der Waals surface area contributed by atoms with E-state index in [2.05, 4.69) is 10.1 Å². The van der Waals surface area contributed by atoms with Crippen LogP contribution in [0.25, 0.3) is 0 Å². The number of hydrogen-bond acceptors (Lipinski definition) is 5. The molecule has 1 rings (SSSR count). The van der Waals surface area contributed by atoms with Gasteiger partial charge in [-0.1, -0.05) is 24.3 Å². The molecule has 0 amide bonds. The molecule has 5 nitrogen and oxygen atoms in total. The van der Waals surface area contributed by atoms with Gasteiger partial charge < -0.3 is 9.47 Å².